The summed E-state index contributed by atoms with van der Waals surface area (Å²) in [5.74, 6) is 0.644. The van der Waals surface area contributed by atoms with Gasteiger partial charge in [0.25, 0.3) is 10.0 Å². The van der Waals surface area contributed by atoms with Crippen molar-refractivity contribution in [1.29, 1.82) is 0 Å². The van der Waals surface area contributed by atoms with Crippen LogP contribution in [-0.4, -0.2) is 13.6 Å². The Hall–Kier alpha value is -1.86. The van der Waals surface area contributed by atoms with Gasteiger partial charge in [-0.2, -0.15) is 0 Å². The largest absolute Gasteiger partial charge is 0.358 e. The number of nitrogens with one attached hydrogen (secondary N) is 1. The molecule has 0 aliphatic heterocycles. The van der Waals surface area contributed by atoms with Crippen molar-refractivity contribution in [2.24, 2.45) is 0 Å². The Balaban J connectivity index is 2.11. The number of hydrogen-bond donors (Lipinski definition) is 1. The summed E-state index contributed by atoms with van der Waals surface area (Å²) < 4.78 is 33.0. The normalized spacial score (nSPS) is 11.7. The highest BCUT2D eigenvalue weighted by Gasteiger charge is 2.21. The van der Waals surface area contributed by atoms with Crippen LogP contribution >= 0.6 is 15.9 Å². The van der Waals surface area contributed by atoms with E-state index in [9.17, 15) is 8.42 Å². The molecule has 108 valence electrons. The Labute approximate surface area is 130 Å². The second kappa shape index (κ2) is 5.16. The van der Waals surface area contributed by atoms with Crippen LogP contribution in [0.1, 0.15) is 5.76 Å². The molecule has 0 spiro atoms. The van der Waals surface area contributed by atoms with Crippen molar-refractivity contribution >= 4 is 42.5 Å². The number of anilines is 1. The predicted octanol–water partition coefficient (Wildman–Crippen LogP) is 3.70. The summed E-state index contributed by atoms with van der Waals surface area (Å²) in [7, 11) is -3.75. The number of hydrogen-bond acceptors (Lipinski definition) is 4. The van der Waals surface area contributed by atoms with Crippen LogP contribution in [0.4, 0.5) is 5.82 Å². The maximum absolute atomic E-state index is 12.6. The molecule has 0 atom stereocenters. The van der Waals surface area contributed by atoms with E-state index in [1.165, 1.54) is 0 Å². The lowest BCUT2D eigenvalue weighted by Crippen LogP contribution is -2.14. The zero-order valence-corrected chi connectivity index (χ0v) is 13.4. The summed E-state index contributed by atoms with van der Waals surface area (Å²) in [5, 5.41) is 5.21. The third-order valence-corrected chi connectivity index (χ3v) is 5.39. The molecule has 0 aliphatic carbocycles. The van der Waals surface area contributed by atoms with Crippen molar-refractivity contribution in [3.8, 4) is 0 Å². The number of fused-ring (bicyclic) bond motifs is 1. The standard InChI is InChI=1S/C14H11BrN2O3S/c1-9-13(15)14(16-20-9)17-21(18,19)12-8-4-6-10-5-2-3-7-11(10)12/h2-8H,1H3,(H,16,17). The maximum Gasteiger partial charge on any atom is 0.263 e. The van der Waals surface area contributed by atoms with Gasteiger partial charge in [-0.3, -0.25) is 4.72 Å². The molecule has 21 heavy (non-hydrogen) atoms. The predicted molar refractivity (Wildman–Crippen MR) is 83.7 cm³/mol. The number of aromatic nitrogens is 1. The van der Waals surface area contributed by atoms with Gasteiger partial charge in [0.2, 0.25) is 0 Å². The second-order valence-corrected chi connectivity index (χ2v) is 6.93. The van der Waals surface area contributed by atoms with E-state index in [1.54, 1.807) is 31.2 Å². The molecule has 3 aromatic rings. The van der Waals surface area contributed by atoms with Crippen molar-refractivity contribution in [1.82, 2.24) is 5.16 Å². The smallest absolute Gasteiger partial charge is 0.263 e. The minimum absolute atomic E-state index is 0.139. The molecule has 3 rings (SSSR count). The topological polar surface area (TPSA) is 72.2 Å². The maximum atomic E-state index is 12.6. The lowest BCUT2D eigenvalue weighted by Gasteiger charge is -2.08. The molecule has 0 radical (unpaired) electrons. The highest BCUT2D eigenvalue weighted by molar-refractivity contribution is 9.10. The van der Waals surface area contributed by atoms with Gasteiger partial charge in [-0.1, -0.05) is 41.6 Å². The van der Waals surface area contributed by atoms with Gasteiger partial charge in [0.05, 0.1) is 4.90 Å². The molecule has 1 aromatic heterocycles. The molecule has 0 amide bonds. The van der Waals surface area contributed by atoms with Crippen LogP contribution < -0.4 is 4.72 Å². The van der Waals surface area contributed by atoms with E-state index in [2.05, 4.69) is 25.8 Å². The molecule has 0 fully saturated rings. The monoisotopic (exact) mass is 366 g/mol. The Kier molecular flexibility index (Phi) is 3.46. The fourth-order valence-electron chi connectivity index (χ4n) is 2.04. The van der Waals surface area contributed by atoms with Crippen molar-refractivity contribution in [2.45, 2.75) is 11.8 Å². The molecule has 1 N–H and O–H groups in total. The molecule has 0 saturated carbocycles. The van der Waals surface area contributed by atoms with Crippen LogP contribution in [0.3, 0.4) is 0 Å². The first-order chi connectivity index (χ1) is 9.99. The average molecular weight is 367 g/mol. The van der Waals surface area contributed by atoms with E-state index in [1.807, 2.05) is 18.2 Å². The fraction of sp³-hybridized carbons (Fsp3) is 0.0714. The summed E-state index contributed by atoms with van der Waals surface area (Å²) in [5.41, 5.74) is 0. The third-order valence-electron chi connectivity index (χ3n) is 3.06. The van der Waals surface area contributed by atoms with Gasteiger partial charge >= 0.3 is 0 Å². The quantitative estimate of drug-likeness (QED) is 0.766. The number of halogens is 1. The van der Waals surface area contributed by atoms with Crippen molar-refractivity contribution in [2.75, 3.05) is 4.72 Å². The molecule has 0 saturated heterocycles. The average Bonchev–Trinajstić information content (AvgIpc) is 2.78. The van der Waals surface area contributed by atoms with Crippen LogP contribution in [0, 0.1) is 6.92 Å². The summed E-state index contributed by atoms with van der Waals surface area (Å²) in [4.78, 5) is 0.202. The lowest BCUT2D eigenvalue weighted by atomic mass is 10.1. The zero-order chi connectivity index (χ0) is 15.0. The van der Waals surface area contributed by atoms with Crippen LogP contribution in [0.2, 0.25) is 0 Å². The first-order valence-electron chi connectivity index (χ1n) is 6.11. The van der Waals surface area contributed by atoms with Gasteiger partial charge in [0.1, 0.15) is 10.2 Å². The van der Waals surface area contributed by atoms with E-state index in [-0.39, 0.29) is 10.7 Å². The van der Waals surface area contributed by atoms with E-state index in [0.717, 1.165) is 5.39 Å². The first kappa shape index (κ1) is 14.1. The van der Waals surface area contributed by atoms with Gasteiger partial charge in [0.15, 0.2) is 5.82 Å². The van der Waals surface area contributed by atoms with E-state index in [4.69, 9.17) is 4.52 Å². The Morgan fingerprint density at radius 2 is 1.86 bits per heavy atom. The summed E-state index contributed by atoms with van der Waals surface area (Å²) >= 11 is 3.24. The summed E-state index contributed by atoms with van der Waals surface area (Å²) in [6.45, 7) is 1.69. The Bertz CT molecular complexity index is 914. The minimum Gasteiger partial charge on any atom is -0.358 e. The lowest BCUT2D eigenvalue weighted by molar-refractivity contribution is 0.399. The van der Waals surface area contributed by atoms with Crippen LogP contribution in [0.5, 0.6) is 0 Å². The Morgan fingerprint density at radius 1 is 1.14 bits per heavy atom. The molecule has 5 nitrogen and oxygen atoms in total. The van der Waals surface area contributed by atoms with Crippen LogP contribution in [-0.2, 0) is 10.0 Å². The molecule has 1 heterocycles. The second-order valence-electron chi connectivity index (χ2n) is 4.48. The number of nitrogens with zero attached hydrogens (tertiary/aromatic N) is 1. The highest BCUT2D eigenvalue weighted by atomic mass is 79.9. The van der Waals surface area contributed by atoms with E-state index >= 15 is 0 Å². The molecule has 0 bridgehead atoms. The molecule has 7 heteroatoms. The van der Waals surface area contributed by atoms with Crippen molar-refractivity contribution < 1.29 is 12.9 Å². The van der Waals surface area contributed by atoms with Gasteiger partial charge in [-0.25, -0.2) is 8.42 Å². The Morgan fingerprint density at radius 3 is 2.57 bits per heavy atom. The van der Waals surface area contributed by atoms with Crippen molar-refractivity contribution in [3.63, 3.8) is 0 Å². The molecular formula is C14H11BrN2O3S. The number of aryl methyl sites for hydroxylation is 1. The SMILES string of the molecule is Cc1onc(NS(=O)(=O)c2cccc3ccccc23)c1Br. The van der Waals surface area contributed by atoms with Gasteiger partial charge in [-0.15, -0.1) is 0 Å². The van der Waals surface area contributed by atoms with Gasteiger partial charge < -0.3 is 4.52 Å². The zero-order valence-electron chi connectivity index (χ0n) is 11.0. The van der Waals surface area contributed by atoms with Crippen molar-refractivity contribution in [3.05, 3.63) is 52.7 Å². The summed E-state index contributed by atoms with van der Waals surface area (Å²) in [6, 6.07) is 12.4. The number of benzene rings is 2. The van der Waals surface area contributed by atoms with Crippen LogP contribution in [0.15, 0.2) is 56.4 Å². The third kappa shape index (κ3) is 2.54. The van der Waals surface area contributed by atoms with E-state index < -0.39 is 10.0 Å². The number of rotatable bonds is 3. The van der Waals surface area contributed by atoms with Gasteiger partial charge in [-0.05, 0) is 34.3 Å². The highest BCUT2D eigenvalue weighted by Crippen LogP contribution is 2.29. The van der Waals surface area contributed by atoms with Gasteiger partial charge in [0, 0.05) is 5.39 Å². The summed E-state index contributed by atoms with van der Waals surface area (Å²) in [6.07, 6.45) is 0. The molecule has 2 aromatic carbocycles. The molecule has 0 unspecified atom stereocenters. The minimum atomic E-state index is -3.75. The molecule has 0 aliphatic rings. The molecular weight excluding hydrogens is 356 g/mol. The number of sulfonamides is 1. The van der Waals surface area contributed by atoms with Crippen LogP contribution in [0.25, 0.3) is 10.8 Å². The van der Waals surface area contributed by atoms with E-state index in [0.29, 0.717) is 15.6 Å². The first-order valence-corrected chi connectivity index (χ1v) is 8.39. The fourth-order valence-corrected chi connectivity index (χ4v) is 3.65.